The van der Waals surface area contributed by atoms with E-state index in [-0.39, 0.29) is 18.0 Å². The molecule has 0 atom stereocenters. The molecule has 0 fully saturated rings. The maximum absolute atomic E-state index is 11.8. The molecular formula is C13H11BrN2O3S. The fourth-order valence-electron chi connectivity index (χ4n) is 1.71. The summed E-state index contributed by atoms with van der Waals surface area (Å²) in [6.45, 7) is 0.426. The molecule has 7 heteroatoms. The molecular weight excluding hydrogens is 344 g/mol. The van der Waals surface area contributed by atoms with E-state index in [9.17, 15) is 14.9 Å². The number of rotatable bonds is 5. The monoisotopic (exact) mass is 354 g/mol. The summed E-state index contributed by atoms with van der Waals surface area (Å²) >= 11 is 4.89. The Hall–Kier alpha value is -1.73. The number of nitrogens with one attached hydrogen (secondary N) is 1. The van der Waals surface area contributed by atoms with E-state index in [1.165, 1.54) is 17.4 Å². The molecule has 1 aromatic heterocycles. The van der Waals surface area contributed by atoms with Crippen LogP contribution >= 0.6 is 27.3 Å². The zero-order chi connectivity index (χ0) is 14.5. The second-order valence-electron chi connectivity index (χ2n) is 4.05. The van der Waals surface area contributed by atoms with Crippen LogP contribution in [0.5, 0.6) is 0 Å². The van der Waals surface area contributed by atoms with Gasteiger partial charge in [0.1, 0.15) is 0 Å². The topological polar surface area (TPSA) is 72.2 Å². The normalized spacial score (nSPS) is 10.2. The van der Waals surface area contributed by atoms with E-state index in [4.69, 9.17) is 0 Å². The van der Waals surface area contributed by atoms with Gasteiger partial charge >= 0.3 is 0 Å². The Bertz CT molecular complexity index is 642. The number of nitro groups is 1. The van der Waals surface area contributed by atoms with Gasteiger partial charge in [0, 0.05) is 16.5 Å². The predicted octanol–water partition coefficient (Wildman–Crippen LogP) is 3.28. The van der Waals surface area contributed by atoms with Gasteiger partial charge in [-0.05, 0) is 28.1 Å². The lowest BCUT2D eigenvalue weighted by molar-refractivity contribution is -0.385. The molecule has 1 amide bonds. The Kier molecular flexibility index (Phi) is 4.86. The maximum atomic E-state index is 11.8. The minimum atomic E-state index is -0.473. The zero-order valence-electron chi connectivity index (χ0n) is 10.3. The third kappa shape index (κ3) is 3.88. The molecule has 2 aromatic rings. The van der Waals surface area contributed by atoms with Crippen LogP contribution in [0.15, 0.2) is 40.2 Å². The summed E-state index contributed by atoms with van der Waals surface area (Å²) in [5, 5.41) is 13.6. The minimum absolute atomic E-state index is 0.00367. The van der Waals surface area contributed by atoms with E-state index in [1.54, 1.807) is 18.2 Å². The average molecular weight is 355 g/mol. The summed E-state index contributed by atoms with van der Waals surface area (Å²) in [5.41, 5.74) is 0.392. The lowest BCUT2D eigenvalue weighted by atomic mass is 10.1. The van der Waals surface area contributed by atoms with Crippen molar-refractivity contribution in [2.75, 3.05) is 0 Å². The molecule has 0 unspecified atom stereocenters. The Balaban J connectivity index is 1.96. The number of nitro benzene ring substituents is 1. The number of hydrogen-bond donors (Lipinski definition) is 1. The standard InChI is InChI=1S/C13H11BrN2O3S/c14-12-6-5-10(20-12)8-15-13(17)7-9-3-1-2-4-11(9)16(18)19/h1-6H,7-8H2,(H,15,17). The number of hydrogen-bond acceptors (Lipinski definition) is 4. The Morgan fingerprint density at radius 3 is 2.70 bits per heavy atom. The van der Waals surface area contributed by atoms with E-state index in [2.05, 4.69) is 21.2 Å². The summed E-state index contributed by atoms with van der Waals surface area (Å²) in [6.07, 6.45) is 0.00367. The van der Waals surface area contributed by atoms with E-state index in [0.29, 0.717) is 12.1 Å². The molecule has 0 aliphatic heterocycles. The number of halogens is 1. The van der Waals surface area contributed by atoms with Crippen molar-refractivity contribution in [3.05, 3.63) is 60.7 Å². The molecule has 1 heterocycles. The quantitative estimate of drug-likeness (QED) is 0.661. The fraction of sp³-hybridized carbons (Fsp3) is 0.154. The summed E-state index contributed by atoms with van der Waals surface area (Å²) in [6, 6.07) is 10.1. The SMILES string of the molecule is O=C(Cc1ccccc1[N+](=O)[O-])NCc1ccc(Br)s1. The van der Waals surface area contributed by atoms with Gasteiger partial charge in [-0.25, -0.2) is 0 Å². The van der Waals surface area contributed by atoms with Crippen LogP contribution in [0.2, 0.25) is 0 Å². The van der Waals surface area contributed by atoms with Crippen molar-refractivity contribution in [3.8, 4) is 0 Å². The lowest BCUT2D eigenvalue weighted by Crippen LogP contribution is -2.24. The molecule has 0 aliphatic rings. The average Bonchev–Trinajstić information content (AvgIpc) is 2.83. The van der Waals surface area contributed by atoms with Crippen LogP contribution in [0, 0.1) is 10.1 Å². The first-order chi connectivity index (χ1) is 9.56. The summed E-state index contributed by atoms with van der Waals surface area (Å²) in [7, 11) is 0. The molecule has 1 aromatic carbocycles. The molecule has 5 nitrogen and oxygen atoms in total. The number of para-hydroxylation sites is 1. The van der Waals surface area contributed by atoms with Gasteiger partial charge in [-0.1, -0.05) is 18.2 Å². The third-order valence-electron chi connectivity index (χ3n) is 2.63. The molecule has 104 valence electrons. The molecule has 0 radical (unpaired) electrons. The van der Waals surface area contributed by atoms with Crippen molar-refractivity contribution in [3.63, 3.8) is 0 Å². The molecule has 0 aliphatic carbocycles. The first kappa shape index (κ1) is 14.7. The molecule has 0 spiro atoms. The molecule has 0 bridgehead atoms. The van der Waals surface area contributed by atoms with Crippen molar-refractivity contribution < 1.29 is 9.72 Å². The highest BCUT2D eigenvalue weighted by molar-refractivity contribution is 9.11. The molecule has 1 N–H and O–H groups in total. The number of carbonyl (C=O) groups excluding carboxylic acids is 1. The van der Waals surface area contributed by atoms with Crippen LogP contribution in [-0.2, 0) is 17.8 Å². The Labute approximate surface area is 127 Å². The van der Waals surface area contributed by atoms with E-state index in [0.717, 1.165) is 8.66 Å². The summed E-state index contributed by atoms with van der Waals surface area (Å²) < 4.78 is 1.00. The largest absolute Gasteiger partial charge is 0.351 e. The first-order valence-electron chi connectivity index (χ1n) is 5.79. The summed E-state index contributed by atoms with van der Waals surface area (Å²) in [5.74, 6) is -0.233. The highest BCUT2D eigenvalue weighted by Gasteiger charge is 2.15. The van der Waals surface area contributed by atoms with E-state index < -0.39 is 4.92 Å². The predicted molar refractivity (Wildman–Crippen MR) is 80.7 cm³/mol. The van der Waals surface area contributed by atoms with Crippen molar-refractivity contribution in [1.29, 1.82) is 0 Å². The number of benzene rings is 1. The Morgan fingerprint density at radius 1 is 1.30 bits per heavy atom. The highest BCUT2D eigenvalue weighted by atomic mass is 79.9. The smallest absolute Gasteiger partial charge is 0.273 e. The van der Waals surface area contributed by atoms with Crippen molar-refractivity contribution in [1.82, 2.24) is 5.32 Å². The third-order valence-corrected chi connectivity index (χ3v) is 4.25. The van der Waals surface area contributed by atoms with Crippen LogP contribution in [0.25, 0.3) is 0 Å². The van der Waals surface area contributed by atoms with Crippen LogP contribution in [-0.4, -0.2) is 10.8 Å². The van der Waals surface area contributed by atoms with Gasteiger partial charge in [0.15, 0.2) is 0 Å². The van der Waals surface area contributed by atoms with Crippen LogP contribution < -0.4 is 5.32 Å². The van der Waals surface area contributed by atoms with Gasteiger partial charge in [-0.3, -0.25) is 14.9 Å². The zero-order valence-corrected chi connectivity index (χ0v) is 12.7. The van der Waals surface area contributed by atoms with Crippen LogP contribution in [0.1, 0.15) is 10.4 Å². The molecule has 0 saturated heterocycles. The van der Waals surface area contributed by atoms with Crippen molar-refractivity contribution in [2.45, 2.75) is 13.0 Å². The highest BCUT2D eigenvalue weighted by Crippen LogP contribution is 2.22. The minimum Gasteiger partial charge on any atom is -0.351 e. The Morgan fingerprint density at radius 2 is 2.05 bits per heavy atom. The van der Waals surface area contributed by atoms with Gasteiger partial charge < -0.3 is 5.32 Å². The van der Waals surface area contributed by atoms with Gasteiger partial charge in [0.25, 0.3) is 5.69 Å². The number of amides is 1. The number of thiophene rings is 1. The van der Waals surface area contributed by atoms with Gasteiger partial charge in [-0.15, -0.1) is 11.3 Å². The molecule has 0 saturated carbocycles. The fourth-order valence-corrected chi connectivity index (χ4v) is 3.13. The number of carbonyl (C=O) groups is 1. The lowest BCUT2D eigenvalue weighted by Gasteiger charge is -2.04. The summed E-state index contributed by atoms with van der Waals surface area (Å²) in [4.78, 5) is 23.2. The molecule has 20 heavy (non-hydrogen) atoms. The van der Waals surface area contributed by atoms with Crippen molar-refractivity contribution in [2.24, 2.45) is 0 Å². The van der Waals surface area contributed by atoms with Gasteiger partial charge in [0.05, 0.1) is 21.7 Å². The second-order valence-corrected chi connectivity index (χ2v) is 6.59. The molecule has 2 rings (SSSR count). The van der Waals surface area contributed by atoms with E-state index >= 15 is 0 Å². The first-order valence-corrected chi connectivity index (χ1v) is 7.40. The maximum Gasteiger partial charge on any atom is 0.273 e. The second kappa shape index (κ2) is 6.62. The van der Waals surface area contributed by atoms with Crippen LogP contribution in [0.3, 0.4) is 0 Å². The number of nitrogens with zero attached hydrogens (tertiary/aromatic N) is 1. The van der Waals surface area contributed by atoms with E-state index in [1.807, 2.05) is 12.1 Å². The van der Waals surface area contributed by atoms with Gasteiger partial charge in [0.2, 0.25) is 5.91 Å². The van der Waals surface area contributed by atoms with Crippen molar-refractivity contribution >= 4 is 38.9 Å². The van der Waals surface area contributed by atoms with Crippen LogP contribution in [0.4, 0.5) is 5.69 Å². The van der Waals surface area contributed by atoms with Gasteiger partial charge in [-0.2, -0.15) is 0 Å².